The highest BCUT2D eigenvalue weighted by Gasteiger charge is 2.42. The van der Waals surface area contributed by atoms with Gasteiger partial charge in [-0.1, -0.05) is 18.5 Å². The van der Waals surface area contributed by atoms with E-state index < -0.39 is 5.54 Å². The summed E-state index contributed by atoms with van der Waals surface area (Å²) in [6.07, 6.45) is 0.527. The number of hydrogen-bond acceptors (Lipinski definition) is 3. The summed E-state index contributed by atoms with van der Waals surface area (Å²) >= 11 is 5.98. The van der Waals surface area contributed by atoms with Gasteiger partial charge in [0.15, 0.2) is 0 Å². The Morgan fingerprint density at radius 2 is 2.15 bits per heavy atom. The van der Waals surface area contributed by atoms with Crippen LogP contribution in [0.4, 0.5) is 5.69 Å². The lowest BCUT2D eigenvalue weighted by molar-refractivity contribution is -0.135. The van der Waals surface area contributed by atoms with Gasteiger partial charge in [0, 0.05) is 11.8 Å². The number of anilines is 1. The predicted molar refractivity (Wildman–Crippen MR) is 77.2 cm³/mol. The number of methoxy groups -OCH3 is 1. The highest BCUT2D eigenvalue weighted by atomic mass is 35.5. The van der Waals surface area contributed by atoms with Crippen LogP contribution >= 0.6 is 11.6 Å². The number of rotatable bonds is 3. The lowest BCUT2D eigenvalue weighted by atomic mass is 9.94. The Kier molecular flexibility index (Phi) is 3.90. The van der Waals surface area contributed by atoms with Gasteiger partial charge in [0.05, 0.1) is 12.1 Å². The molecule has 2 amide bonds. The molecule has 0 spiro atoms. The maximum atomic E-state index is 12.5. The normalized spacial score (nSPS) is 22.7. The number of hydrogen-bond donors (Lipinski definition) is 1. The molecule has 1 aromatic carbocycles. The number of nitrogens with one attached hydrogen (secondary N) is 1. The Labute approximate surface area is 122 Å². The van der Waals surface area contributed by atoms with Crippen molar-refractivity contribution in [3.8, 4) is 5.75 Å². The third-order valence-corrected chi connectivity index (χ3v) is 3.90. The predicted octanol–water partition coefficient (Wildman–Crippen LogP) is 1.98. The van der Waals surface area contributed by atoms with Gasteiger partial charge in [0.1, 0.15) is 17.8 Å². The SMILES string of the molecule is CCC1(C)NC(=O)CN(c2ccc(Cl)c(OC)c2)C1=O. The first-order valence-electron chi connectivity index (χ1n) is 6.38. The van der Waals surface area contributed by atoms with Crippen molar-refractivity contribution in [1.82, 2.24) is 5.32 Å². The summed E-state index contributed by atoms with van der Waals surface area (Å²) in [5.74, 6) is 0.160. The molecule has 5 nitrogen and oxygen atoms in total. The molecule has 1 saturated heterocycles. The van der Waals surface area contributed by atoms with Crippen LogP contribution in [0, 0.1) is 0 Å². The summed E-state index contributed by atoms with van der Waals surface area (Å²) in [5, 5.41) is 3.21. The Bertz CT molecular complexity index is 561. The second kappa shape index (κ2) is 5.32. The molecule has 1 aromatic rings. The van der Waals surface area contributed by atoms with Gasteiger partial charge >= 0.3 is 0 Å². The molecule has 2 rings (SSSR count). The van der Waals surface area contributed by atoms with Crippen LogP contribution in [-0.4, -0.2) is 31.0 Å². The number of piperazine rings is 1. The zero-order valence-corrected chi connectivity index (χ0v) is 12.5. The molecule has 0 saturated carbocycles. The van der Waals surface area contributed by atoms with E-state index in [1.165, 1.54) is 12.0 Å². The maximum Gasteiger partial charge on any atom is 0.252 e. The molecule has 1 unspecified atom stereocenters. The topological polar surface area (TPSA) is 58.6 Å². The Hall–Kier alpha value is -1.75. The Morgan fingerprint density at radius 3 is 2.75 bits per heavy atom. The van der Waals surface area contributed by atoms with Crippen molar-refractivity contribution < 1.29 is 14.3 Å². The molecule has 1 N–H and O–H groups in total. The summed E-state index contributed by atoms with van der Waals surface area (Å²) < 4.78 is 5.15. The summed E-state index contributed by atoms with van der Waals surface area (Å²) in [4.78, 5) is 25.8. The van der Waals surface area contributed by atoms with Gasteiger partial charge < -0.3 is 15.0 Å². The van der Waals surface area contributed by atoms with Crippen LogP contribution in [0.15, 0.2) is 18.2 Å². The van der Waals surface area contributed by atoms with Gasteiger partial charge in [-0.05, 0) is 25.5 Å². The van der Waals surface area contributed by atoms with Crippen molar-refractivity contribution in [2.45, 2.75) is 25.8 Å². The van der Waals surface area contributed by atoms with E-state index in [0.717, 1.165) is 0 Å². The third-order valence-electron chi connectivity index (χ3n) is 3.59. The minimum absolute atomic E-state index is 0.000784. The molecule has 1 aliphatic rings. The van der Waals surface area contributed by atoms with E-state index in [0.29, 0.717) is 22.9 Å². The molecule has 6 heteroatoms. The standard InChI is InChI=1S/C14H17ClN2O3/c1-4-14(2)13(19)17(8-12(18)16-14)9-5-6-10(15)11(7-9)20-3/h5-7H,4,8H2,1-3H3,(H,16,18). The fourth-order valence-corrected chi connectivity index (χ4v) is 2.37. The zero-order valence-electron chi connectivity index (χ0n) is 11.7. The van der Waals surface area contributed by atoms with Gasteiger partial charge in [-0.25, -0.2) is 0 Å². The van der Waals surface area contributed by atoms with Crippen LogP contribution in [0.5, 0.6) is 5.75 Å². The van der Waals surface area contributed by atoms with Crippen molar-refractivity contribution in [3.63, 3.8) is 0 Å². The fraction of sp³-hybridized carbons (Fsp3) is 0.429. The molecule has 108 valence electrons. The van der Waals surface area contributed by atoms with Gasteiger partial charge in [-0.3, -0.25) is 9.59 Å². The third kappa shape index (κ3) is 2.45. The summed E-state index contributed by atoms with van der Waals surface area (Å²) in [5.41, 5.74) is -0.270. The van der Waals surface area contributed by atoms with Crippen LogP contribution in [0.2, 0.25) is 5.02 Å². The Morgan fingerprint density at radius 1 is 1.45 bits per heavy atom. The minimum Gasteiger partial charge on any atom is -0.495 e. The van der Waals surface area contributed by atoms with E-state index in [9.17, 15) is 9.59 Å². The number of ether oxygens (including phenoxy) is 1. The number of carbonyl (C=O) groups excluding carboxylic acids is 2. The highest BCUT2D eigenvalue weighted by molar-refractivity contribution is 6.32. The largest absolute Gasteiger partial charge is 0.495 e. The second-order valence-corrected chi connectivity index (χ2v) is 5.35. The van der Waals surface area contributed by atoms with Gasteiger partial charge in [0.25, 0.3) is 5.91 Å². The van der Waals surface area contributed by atoms with Crippen molar-refractivity contribution >= 4 is 29.1 Å². The van der Waals surface area contributed by atoms with Crippen LogP contribution in [-0.2, 0) is 9.59 Å². The molecular formula is C14H17ClN2O3. The number of nitrogens with zero attached hydrogens (tertiary/aromatic N) is 1. The molecule has 0 aromatic heterocycles. The van der Waals surface area contributed by atoms with Crippen molar-refractivity contribution in [2.75, 3.05) is 18.6 Å². The van der Waals surface area contributed by atoms with Crippen molar-refractivity contribution in [3.05, 3.63) is 23.2 Å². The van der Waals surface area contributed by atoms with Gasteiger partial charge in [-0.15, -0.1) is 0 Å². The number of halogens is 1. The molecular weight excluding hydrogens is 280 g/mol. The molecule has 1 atom stereocenters. The minimum atomic E-state index is -0.873. The van der Waals surface area contributed by atoms with E-state index >= 15 is 0 Å². The smallest absolute Gasteiger partial charge is 0.252 e. The summed E-state index contributed by atoms with van der Waals surface area (Å²) in [6, 6.07) is 5.02. The van der Waals surface area contributed by atoms with Crippen molar-refractivity contribution in [2.24, 2.45) is 0 Å². The van der Waals surface area contributed by atoms with E-state index in [1.807, 2.05) is 6.92 Å². The zero-order chi connectivity index (χ0) is 14.9. The first-order chi connectivity index (χ1) is 9.41. The first-order valence-corrected chi connectivity index (χ1v) is 6.75. The Balaban J connectivity index is 2.40. The second-order valence-electron chi connectivity index (χ2n) is 4.94. The number of amides is 2. The molecule has 20 heavy (non-hydrogen) atoms. The van der Waals surface area contributed by atoms with Crippen LogP contribution in [0.1, 0.15) is 20.3 Å². The monoisotopic (exact) mass is 296 g/mol. The lowest BCUT2D eigenvalue weighted by Gasteiger charge is -2.39. The number of carbonyl (C=O) groups is 2. The molecule has 0 aliphatic carbocycles. The average molecular weight is 297 g/mol. The molecule has 0 radical (unpaired) electrons. The van der Waals surface area contributed by atoms with E-state index in [2.05, 4.69) is 5.32 Å². The molecule has 1 fully saturated rings. The summed E-state index contributed by atoms with van der Waals surface area (Å²) in [7, 11) is 1.51. The highest BCUT2D eigenvalue weighted by Crippen LogP contribution is 2.31. The average Bonchev–Trinajstić information content (AvgIpc) is 2.43. The van der Waals surface area contributed by atoms with Gasteiger partial charge in [0.2, 0.25) is 5.91 Å². The maximum absolute atomic E-state index is 12.5. The molecule has 1 heterocycles. The number of benzene rings is 1. The molecule has 0 bridgehead atoms. The van der Waals surface area contributed by atoms with E-state index in [-0.39, 0.29) is 18.4 Å². The van der Waals surface area contributed by atoms with E-state index in [1.54, 1.807) is 25.1 Å². The quantitative estimate of drug-likeness (QED) is 0.928. The van der Waals surface area contributed by atoms with Crippen LogP contribution in [0.3, 0.4) is 0 Å². The molecule has 1 aliphatic heterocycles. The van der Waals surface area contributed by atoms with Crippen LogP contribution in [0.25, 0.3) is 0 Å². The fourth-order valence-electron chi connectivity index (χ4n) is 2.18. The summed E-state index contributed by atoms with van der Waals surface area (Å²) in [6.45, 7) is 3.59. The van der Waals surface area contributed by atoms with Gasteiger partial charge in [-0.2, -0.15) is 0 Å². The lowest BCUT2D eigenvalue weighted by Crippen LogP contribution is -2.65. The van der Waals surface area contributed by atoms with Crippen LogP contribution < -0.4 is 15.0 Å². The van der Waals surface area contributed by atoms with E-state index in [4.69, 9.17) is 16.3 Å². The first kappa shape index (κ1) is 14.7. The van der Waals surface area contributed by atoms with Crippen molar-refractivity contribution in [1.29, 1.82) is 0 Å².